The summed E-state index contributed by atoms with van der Waals surface area (Å²) in [7, 11) is 0. The molecule has 0 unspecified atom stereocenters. The number of carbonyl (C=O) groups excluding carboxylic acids is 1. The Morgan fingerprint density at radius 2 is 1.96 bits per heavy atom. The van der Waals surface area contributed by atoms with Gasteiger partial charge in [-0.3, -0.25) is 4.79 Å². The number of hydrogen-bond donors (Lipinski definition) is 2. The molecule has 1 aromatic carbocycles. The molecule has 4 rings (SSSR count). The summed E-state index contributed by atoms with van der Waals surface area (Å²) < 4.78 is 41.2. The molecule has 1 amide bonds. The van der Waals surface area contributed by atoms with Gasteiger partial charge in [-0.15, -0.1) is 11.3 Å². The zero-order chi connectivity index (χ0) is 19.9. The first-order chi connectivity index (χ1) is 13.3. The number of nitrogens with zero attached hydrogens (tertiary/aromatic N) is 3. The van der Waals surface area contributed by atoms with Crippen molar-refractivity contribution in [3.63, 3.8) is 0 Å². The lowest BCUT2D eigenvalue weighted by Gasteiger charge is -2.10. The Balaban J connectivity index is 1.78. The number of phenols is 1. The number of nitrogens with one attached hydrogen (secondary N) is 1. The number of rotatable bonds is 3. The van der Waals surface area contributed by atoms with E-state index >= 15 is 0 Å². The van der Waals surface area contributed by atoms with E-state index in [0.717, 1.165) is 6.07 Å². The van der Waals surface area contributed by atoms with Gasteiger partial charge in [0, 0.05) is 17.8 Å². The maximum absolute atomic E-state index is 13.5. The Morgan fingerprint density at radius 3 is 2.64 bits per heavy atom. The van der Waals surface area contributed by atoms with Gasteiger partial charge in [-0.2, -0.15) is 18.3 Å². The molecule has 142 valence electrons. The Kier molecular flexibility index (Phi) is 4.27. The fourth-order valence-electron chi connectivity index (χ4n) is 2.62. The summed E-state index contributed by atoms with van der Waals surface area (Å²) in [6.45, 7) is 0. The van der Waals surface area contributed by atoms with E-state index in [0.29, 0.717) is 9.39 Å². The summed E-state index contributed by atoms with van der Waals surface area (Å²) >= 11 is 1.26. The molecule has 3 aromatic heterocycles. The van der Waals surface area contributed by atoms with Crippen molar-refractivity contribution in [1.29, 1.82) is 0 Å². The van der Waals surface area contributed by atoms with Gasteiger partial charge in [-0.05, 0) is 29.6 Å². The second-order valence-corrected chi connectivity index (χ2v) is 6.75. The number of amides is 1. The molecule has 0 bridgehead atoms. The van der Waals surface area contributed by atoms with E-state index in [1.54, 1.807) is 17.5 Å². The van der Waals surface area contributed by atoms with Crippen LogP contribution in [0.4, 0.5) is 18.9 Å². The Bertz CT molecular complexity index is 1170. The number of halogens is 3. The number of aromatic hydroxyl groups is 1. The molecule has 10 heteroatoms. The van der Waals surface area contributed by atoms with Crippen LogP contribution in [0.3, 0.4) is 0 Å². The number of carbonyl (C=O) groups is 1. The first-order valence-electron chi connectivity index (χ1n) is 7.93. The molecule has 0 saturated heterocycles. The minimum Gasteiger partial charge on any atom is -0.508 e. The van der Waals surface area contributed by atoms with E-state index in [4.69, 9.17) is 0 Å². The predicted molar refractivity (Wildman–Crippen MR) is 97.4 cm³/mol. The van der Waals surface area contributed by atoms with E-state index < -0.39 is 17.8 Å². The SMILES string of the molecule is O=C(Nc1cccc(O)c1)c1cc2nc(-c3cccs3)cc(C(F)(F)F)n2n1. The minimum atomic E-state index is -4.68. The van der Waals surface area contributed by atoms with Crippen LogP contribution < -0.4 is 5.32 Å². The van der Waals surface area contributed by atoms with Gasteiger partial charge >= 0.3 is 6.18 Å². The number of fused-ring (bicyclic) bond motifs is 1. The third kappa shape index (κ3) is 3.41. The monoisotopic (exact) mass is 404 g/mol. The van der Waals surface area contributed by atoms with Crippen molar-refractivity contribution in [2.75, 3.05) is 5.32 Å². The van der Waals surface area contributed by atoms with Crippen LogP contribution in [0, 0.1) is 0 Å². The highest BCUT2D eigenvalue weighted by Gasteiger charge is 2.35. The number of thiophene rings is 1. The number of phenolic OH excluding ortho intramolecular Hbond substituents is 1. The molecule has 0 aliphatic rings. The van der Waals surface area contributed by atoms with Crippen molar-refractivity contribution in [2.24, 2.45) is 0 Å². The second kappa shape index (κ2) is 6.64. The molecule has 3 heterocycles. The van der Waals surface area contributed by atoms with Crippen molar-refractivity contribution in [3.05, 3.63) is 65.3 Å². The van der Waals surface area contributed by atoms with Crippen LogP contribution in [-0.4, -0.2) is 25.6 Å². The highest BCUT2D eigenvalue weighted by Crippen LogP contribution is 2.33. The summed E-state index contributed by atoms with van der Waals surface area (Å²) in [5.74, 6) is -0.781. The van der Waals surface area contributed by atoms with Crippen LogP contribution >= 0.6 is 11.3 Å². The normalized spacial score (nSPS) is 11.7. The number of aromatic nitrogens is 3. The average molecular weight is 404 g/mol. The van der Waals surface area contributed by atoms with Crippen molar-refractivity contribution in [2.45, 2.75) is 6.18 Å². The topological polar surface area (TPSA) is 79.5 Å². The average Bonchev–Trinajstić information content (AvgIpc) is 3.29. The van der Waals surface area contributed by atoms with E-state index in [9.17, 15) is 23.1 Å². The van der Waals surface area contributed by atoms with Crippen molar-refractivity contribution in [1.82, 2.24) is 14.6 Å². The maximum atomic E-state index is 13.5. The largest absolute Gasteiger partial charge is 0.508 e. The van der Waals surface area contributed by atoms with Gasteiger partial charge in [0.15, 0.2) is 17.0 Å². The van der Waals surface area contributed by atoms with E-state index in [1.165, 1.54) is 41.7 Å². The van der Waals surface area contributed by atoms with Crippen LogP contribution in [0.1, 0.15) is 16.2 Å². The molecule has 0 fully saturated rings. The molecule has 0 aliphatic carbocycles. The molecule has 6 nitrogen and oxygen atoms in total. The molecule has 0 spiro atoms. The third-order valence-electron chi connectivity index (χ3n) is 3.83. The Hall–Kier alpha value is -3.40. The molecular weight excluding hydrogens is 393 g/mol. The van der Waals surface area contributed by atoms with Crippen molar-refractivity contribution >= 4 is 28.6 Å². The lowest BCUT2D eigenvalue weighted by Crippen LogP contribution is -2.15. The van der Waals surface area contributed by atoms with Gasteiger partial charge < -0.3 is 10.4 Å². The molecule has 0 saturated carbocycles. The molecule has 2 N–H and O–H groups in total. The van der Waals surface area contributed by atoms with Crippen LogP contribution in [0.15, 0.2) is 53.9 Å². The fraction of sp³-hybridized carbons (Fsp3) is 0.0556. The molecule has 28 heavy (non-hydrogen) atoms. The third-order valence-corrected chi connectivity index (χ3v) is 4.72. The number of benzene rings is 1. The van der Waals surface area contributed by atoms with Crippen LogP contribution in [0.5, 0.6) is 5.75 Å². The summed E-state index contributed by atoms with van der Waals surface area (Å²) in [4.78, 5) is 17.2. The van der Waals surface area contributed by atoms with Gasteiger partial charge in [0.05, 0.1) is 10.6 Å². The van der Waals surface area contributed by atoms with E-state index in [1.807, 2.05) is 0 Å². The summed E-state index contributed by atoms with van der Waals surface area (Å²) in [5, 5.41) is 17.4. The van der Waals surface area contributed by atoms with Gasteiger partial charge in [0.1, 0.15) is 5.75 Å². The number of anilines is 1. The molecule has 0 radical (unpaired) electrons. The minimum absolute atomic E-state index is 0.0607. The summed E-state index contributed by atoms with van der Waals surface area (Å²) in [5.41, 5.74) is -0.929. The lowest BCUT2D eigenvalue weighted by molar-refractivity contribution is -0.142. The summed E-state index contributed by atoms with van der Waals surface area (Å²) in [6, 6.07) is 11.2. The first-order valence-corrected chi connectivity index (χ1v) is 8.81. The Morgan fingerprint density at radius 1 is 1.14 bits per heavy atom. The lowest BCUT2D eigenvalue weighted by atomic mass is 10.2. The molecule has 4 aromatic rings. The number of alkyl halides is 3. The summed E-state index contributed by atoms with van der Waals surface area (Å²) in [6.07, 6.45) is -4.68. The van der Waals surface area contributed by atoms with E-state index in [2.05, 4.69) is 15.4 Å². The smallest absolute Gasteiger partial charge is 0.433 e. The van der Waals surface area contributed by atoms with Crippen molar-refractivity contribution < 1.29 is 23.1 Å². The maximum Gasteiger partial charge on any atom is 0.433 e. The zero-order valence-corrected chi connectivity index (χ0v) is 14.8. The second-order valence-electron chi connectivity index (χ2n) is 5.81. The van der Waals surface area contributed by atoms with Crippen LogP contribution in [-0.2, 0) is 6.18 Å². The Labute approximate surface area is 159 Å². The fourth-order valence-corrected chi connectivity index (χ4v) is 3.30. The highest BCUT2D eigenvalue weighted by atomic mass is 32.1. The molecular formula is C18H11F3N4O2S. The first kappa shape index (κ1) is 18.0. The highest BCUT2D eigenvalue weighted by molar-refractivity contribution is 7.13. The molecule has 0 aliphatic heterocycles. The zero-order valence-electron chi connectivity index (χ0n) is 13.9. The molecule has 0 atom stereocenters. The van der Waals surface area contributed by atoms with Gasteiger partial charge in [0.25, 0.3) is 5.91 Å². The van der Waals surface area contributed by atoms with E-state index in [-0.39, 0.29) is 28.5 Å². The van der Waals surface area contributed by atoms with Crippen LogP contribution in [0.2, 0.25) is 0 Å². The predicted octanol–water partition coefficient (Wildman–Crippen LogP) is 4.43. The standard InChI is InChI=1S/C18H11F3N4O2S/c19-18(20,21)15-8-12(14-5-2-6-28-14)23-16-9-13(24-25(15)16)17(27)22-10-3-1-4-11(26)7-10/h1-9,26H,(H,22,27). The van der Waals surface area contributed by atoms with Gasteiger partial charge in [-0.25, -0.2) is 9.50 Å². The number of hydrogen-bond acceptors (Lipinski definition) is 5. The van der Waals surface area contributed by atoms with Gasteiger partial charge in [-0.1, -0.05) is 12.1 Å². The van der Waals surface area contributed by atoms with Crippen LogP contribution in [0.25, 0.3) is 16.2 Å². The van der Waals surface area contributed by atoms with Gasteiger partial charge in [0.2, 0.25) is 0 Å². The van der Waals surface area contributed by atoms with Crippen molar-refractivity contribution in [3.8, 4) is 16.3 Å². The quantitative estimate of drug-likeness (QED) is 0.529.